The quantitative estimate of drug-likeness (QED) is 0.495. The van der Waals surface area contributed by atoms with Gasteiger partial charge in [0.1, 0.15) is 0 Å². The average molecular weight is 368 g/mol. The molecule has 3 rings (SSSR count). The summed E-state index contributed by atoms with van der Waals surface area (Å²) in [5.74, 6) is 0.0415. The summed E-state index contributed by atoms with van der Waals surface area (Å²) in [4.78, 5) is 13.9. The number of fused-ring (bicyclic) bond motifs is 1. The molecule has 0 amide bonds. The van der Waals surface area contributed by atoms with Crippen molar-refractivity contribution in [1.29, 1.82) is 0 Å². The van der Waals surface area contributed by atoms with Gasteiger partial charge in [0.15, 0.2) is 17.4 Å². The lowest BCUT2D eigenvalue weighted by molar-refractivity contribution is -0.692. The molecule has 2 aromatic rings. The molecule has 4 heteroatoms. The van der Waals surface area contributed by atoms with Crippen LogP contribution in [0.2, 0.25) is 0 Å². The largest absolute Gasteiger partial charge is 0.374 e. The molecule has 1 N–H and O–H groups in total. The van der Waals surface area contributed by atoms with E-state index in [1.54, 1.807) is 0 Å². The van der Waals surface area contributed by atoms with E-state index in [4.69, 9.17) is 12.2 Å². The number of hydrogen-bond acceptors (Lipinski definition) is 2. The van der Waals surface area contributed by atoms with Gasteiger partial charge in [0.25, 0.3) is 6.04 Å². The Morgan fingerprint density at radius 1 is 1.15 bits per heavy atom. The third-order valence-electron chi connectivity index (χ3n) is 5.24. The molecule has 1 aromatic heterocycles. The Labute approximate surface area is 161 Å². The maximum Gasteiger partial charge on any atom is 0.270 e. The lowest BCUT2D eigenvalue weighted by atomic mass is 9.93. The first-order chi connectivity index (χ1) is 12.5. The number of benzene rings is 1. The van der Waals surface area contributed by atoms with E-state index < -0.39 is 6.04 Å². The Hall–Kier alpha value is -2.07. The number of nitrogens with zero attached hydrogens (tertiary/aromatic N) is 1. The Bertz CT molecular complexity index is 844. The molecule has 0 radical (unpaired) electrons. The van der Waals surface area contributed by atoms with Crippen LogP contribution >= 0.6 is 12.2 Å². The van der Waals surface area contributed by atoms with Crippen molar-refractivity contribution < 1.29 is 9.36 Å². The number of rotatable bonds is 5. The lowest BCUT2D eigenvalue weighted by Gasteiger charge is -2.18. The van der Waals surface area contributed by atoms with Crippen LogP contribution in [0.15, 0.2) is 36.7 Å². The molecule has 0 saturated carbocycles. The number of hydrogen-bond donors (Lipinski definition) is 1. The molecule has 0 aliphatic heterocycles. The van der Waals surface area contributed by atoms with E-state index in [1.807, 2.05) is 42.8 Å². The number of thiocarbonyl (C=S) groups is 1. The fourth-order valence-corrected chi connectivity index (χ4v) is 3.94. The first-order valence-electron chi connectivity index (χ1n) is 9.43. The zero-order valence-electron chi connectivity index (χ0n) is 15.8. The highest BCUT2D eigenvalue weighted by molar-refractivity contribution is 7.80. The van der Waals surface area contributed by atoms with Crippen LogP contribution in [-0.4, -0.2) is 17.3 Å². The van der Waals surface area contributed by atoms with E-state index in [-0.39, 0.29) is 5.78 Å². The van der Waals surface area contributed by atoms with Crippen LogP contribution in [0.3, 0.4) is 0 Å². The summed E-state index contributed by atoms with van der Waals surface area (Å²) in [5.41, 5.74) is 5.77. The van der Waals surface area contributed by atoms with Crippen molar-refractivity contribution in [3.63, 3.8) is 0 Å². The predicted molar refractivity (Wildman–Crippen MR) is 109 cm³/mol. The molecule has 0 fully saturated rings. The number of carbonyl (C=O) groups excluding carboxylic acids is 1. The van der Waals surface area contributed by atoms with Gasteiger partial charge in [0, 0.05) is 23.7 Å². The fourth-order valence-electron chi connectivity index (χ4n) is 3.56. The number of aromatic nitrogens is 1. The third kappa shape index (κ3) is 3.85. The Kier molecular flexibility index (Phi) is 5.82. The standard InChI is InChI=1S/C22H26N2OS/c1-4-23-22(26)20(21(25)18-10-9-15(2)16(3)13-18)24-12-11-17-7-5-6-8-19(17)14-24/h9-14,20H,4-8H2,1-3H3/p+1. The van der Waals surface area contributed by atoms with Crippen LogP contribution in [0.4, 0.5) is 0 Å². The van der Waals surface area contributed by atoms with Crippen LogP contribution in [0.25, 0.3) is 0 Å². The number of pyridine rings is 1. The summed E-state index contributed by atoms with van der Waals surface area (Å²) >= 11 is 5.59. The zero-order chi connectivity index (χ0) is 18.7. The molecular formula is C22H27N2OS+. The minimum atomic E-state index is -0.501. The van der Waals surface area contributed by atoms with Crippen molar-refractivity contribution >= 4 is 23.0 Å². The third-order valence-corrected chi connectivity index (χ3v) is 5.61. The van der Waals surface area contributed by atoms with Gasteiger partial charge in [-0.25, -0.2) is 0 Å². The minimum Gasteiger partial charge on any atom is -0.374 e. The molecule has 0 spiro atoms. The molecular weight excluding hydrogens is 340 g/mol. The average Bonchev–Trinajstić information content (AvgIpc) is 2.64. The van der Waals surface area contributed by atoms with Crippen molar-refractivity contribution in [3.8, 4) is 0 Å². The molecule has 0 saturated heterocycles. The lowest BCUT2D eigenvalue weighted by Crippen LogP contribution is -2.51. The molecule has 3 nitrogen and oxygen atoms in total. The van der Waals surface area contributed by atoms with Gasteiger partial charge in [-0.15, -0.1) is 0 Å². The molecule has 1 aliphatic carbocycles. The second-order valence-corrected chi connectivity index (χ2v) is 7.55. The smallest absolute Gasteiger partial charge is 0.270 e. The summed E-state index contributed by atoms with van der Waals surface area (Å²) in [6.45, 7) is 6.81. The SMILES string of the molecule is CCNC(=S)C(C(=O)c1ccc(C)c(C)c1)[n+]1ccc2c(c1)CCCC2. The number of Topliss-reactive ketones (excluding diaryl/α,β-unsaturated/α-hetero) is 1. The fraction of sp³-hybridized carbons (Fsp3) is 0.409. The highest BCUT2D eigenvalue weighted by Crippen LogP contribution is 2.21. The van der Waals surface area contributed by atoms with Crippen molar-refractivity contribution in [2.24, 2.45) is 0 Å². The maximum atomic E-state index is 13.3. The van der Waals surface area contributed by atoms with Gasteiger partial charge in [-0.1, -0.05) is 24.4 Å². The van der Waals surface area contributed by atoms with Crippen molar-refractivity contribution in [2.45, 2.75) is 52.5 Å². The Morgan fingerprint density at radius 3 is 2.58 bits per heavy atom. The minimum absolute atomic E-state index is 0.0415. The van der Waals surface area contributed by atoms with Crippen LogP contribution in [0, 0.1) is 13.8 Å². The van der Waals surface area contributed by atoms with Crippen molar-refractivity contribution in [3.05, 3.63) is 64.5 Å². The van der Waals surface area contributed by atoms with E-state index in [0.717, 1.165) is 18.4 Å². The Morgan fingerprint density at radius 2 is 1.88 bits per heavy atom. The van der Waals surface area contributed by atoms with Gasteiger partial charge in [0.05, 0.1) is 0 Å². The predicted octanol–water partition coefficient (Wildman–Crippen LogP) is 3.83. The molecule has 1 heterocycles. The van der Waals surface area contributed by atoms with Crippen molar-refractivity contribution in [1.82, 2.24) is 5.32 Å². The number of likely N-dealkylation sites (N-methyl/N-ethyl adjacent to an activating group) is 1. The van der Waals surface area contributed by atoms with Crippen LogP contribution in [0.5, 0.6) is 0 Å². The molecule has 136 valence electrons. The Balaban J connectivity index is 2.01. The second-order valence-electron chi connectivity index (χ2n) is 7.11. The highest BCUT2D eigenvalue weighted by atomic mass is 32.1. The number of nitrogens with one attached hydrogen (secondary N) is 1. The first-order valence-corrected chi connectivity index (χ1v) is 9.83. The molecule has 0 bridgehead atoms. The molecule has 26 heavy (non-hydrogen) atoms. The maximum absolute atomic E-state index is 13.3. The van der Waals surface area contributed by atoms with E-state index >= 15 is 0 Å². The van der Waals surface area contributed by atoms with Crippen molar-refractivity contribution in [2.75, 3.05) is 6.54 Å². The normalized spacial score (nSPS) is 14.4. The van der Waals surface area contributed by atoms with Gasteiger partial charge in [-0.2, -0.15) is 4.57 Å². The van der Waals surface area contributed by atoms with Gasteiger partial charge >= 0.3 is 0 Å². The van der Waals surface area contributed by atoms with Gasteiger partial charge in [0.2, 0.25) is 5.78 Å². The number of ketones is 1. The molecule has 1 atom stereocenters. The molecule has 1 unspecified atom stereocenters. The molecule has 1 aliphatic rings. The monoisotopic (exact) mass is 367 g/mol. The second kappa shape index (κ2) is 8.09. The zero-order valence-corrected chi connectivity index (χ0v) is 16.7. The molecule has 1 aromatic carbocycles. The van der Waals surface area contributed by atoms with Gasteiger partial charge in [-0.05, 0) is 69.2 Å². The summed E-state index contributed by atoms with van der Waals surface area (Å²) in [6.07, 6.45) is 8.81. The number of aryl methyl sites for hydroxylation is 4. The van der Waals surface area contributed by atoms with Gasteiger partial charge < -0.3 is 5.32 Å². The van der Waals surface area contributed by atoms with Crippen LogP contribution in [0.1, 0.15) is 58.4 Å². The summed E-state index contributed by atoms with van der Waals surface area (Å²) in [6, 6.07) is 7.54. The van der Waals surface area contributed by atoms with Crippen LogP contribution < -0.4 is 9.88 Å². The van der Waals surface area contributed by atoms with E-state index in [9.17, 15) is 4.79 Å². The summed E-state index contributed by atoms with van der Waals surface area (Å²) in [7, 11) is 0. The first kappa shape index (κ1) is 18.7. The van der Waals surface area contributed by atoms with Crippen LogP contribution in [-0.2, 0) is 12.8 Å². The van der Waals surface area contributed by atoms with Gasteiger partial charge in [-0.3, -0.25) is 4.79 Å². The summed E-state index contributed by atoms with van der Waals surface area (Å²) in [5, 5.41) is 3.19. The topological polar surface area (TPSA) is 33.0 Å². The summed E-state index contributed by atoms with van der Waals surface area (Å²) < 4.78 is 1.99. The van der Waals surface area contributed by atoms with E-state index in [0.29, 0.717) is 17.1 Å². The highest BCUT2D eigenvalue weighted by Gasteiger charge is 2.34. The van der Waals surface area contributed by atoms with E-state index in [1.165, 1.54) is 29.5 Å². The number of carbonyl (C=O) groups is 1. The van der Waals surface area contributed by atoms with E-state index in [2.05, 4.69) is 24.5 Å².